The molecule has 60 valence electrons. The molecule has 0 aromatic heterocycles. The zero-order chi connectivity index (χ0) is 8.10. The molecule has 5 nitrogen and oxygen atoms in total. The minimum atomic E-state index is -0.185. The Morgan fingerprint density at radius 3 is 2.45 bits per heavy atom. The third-order valence-corrected chi connectivity index (χ3v) is 1.01. The Hall–Kier alpha value is -1.14. The Morgan fingerprint density at radius 2 is 1.91 bits per heavy atom. The Kier molecular flexibility index (Phi) is 2.82. The van der Waals surface area contributed by atoms with Crippen molar-refractivity contribution in [3.8, 4) is 5.75 Å². The molecule has 0 fully saturated rings. The fourth-order valence-corrected chi connectivity index (χ4v) is 0.589. The first-order valence-electron chi connectivity index (χ1n) is 2.90. The van der Waals surface area contributed by atoms with Crippen molar-refractivity contribution >= 4 is 0 Å². The molecule has 0 saturated heterocycles. The molecule has 0 aliphatic rings. The summed E-state index contributed by atoms with van der Waals surface area (Å²) in [6.45, 7) is 0. The van der Waals surface area contributed by atoms with Crippen LogP contribution in [-0.4, -0.2) is 5.39 Å². The first kappa shape index (κ1) is 7.96. The Labute approximate surface area is 63.4 Å². The summed E-state index contributed by atoms with van der Waals surface area (Å²) in [6.07, 6.45) is 0. The SMILES string of the molecule is NON([O-])Oc1ccccc1. The van der Waals surface area contributed by atoms with Crippen LogP contribution in [0.25, 0.3) is 0 Å². The van der Waals surface area contributed by atoms with Crippen LogP contribution in [0.3, 0.4) is 0 Å². The molecule has 0 radical (unpaired) electrons. The van der Waals surface area contributed by atoms with Crippen LogP contribution < -0.4 is 10.7 Å². The van der Waals surface area contributed by atoms with Crippen LogP contribution >= 0.6 is 0 Å². The highest BCUT2D eigenvalue weighted by atomic mass is 17.1. The quantitative estimate of drug-likeness (QED) is 0.646. The van der Waals surface area contributed by atoms with Crippen molar-refractivity contribution in [3.05, 3.63) is 35.5 Å². The number of nitrogens with two attached hydrogens (primary N) is 1. The number of nitrogens with zero attached hydrogens (tertiary/aromatic N) is 1. The monoisotopic (exact) mass is 155 g/mol. The Morgan fingerprint density at radius 1 is 1.27 bits per heavy atom. The summed E-state index contributed by atoms with van der Waals surface area (Å²) in [7, 11) is 0. The second kappa shape index (κ2) is 3.89. The molecule has 5 heteroatoms. The normalized spacial score (nSPS) is 10.1. The molecule has 0 heterocycles. The van der Waals surface area contributed by atoms with E-state index in [1.165, 1.54) is 0 Å². The summed E-state index contributed by atoms with van der Waals surface area (Å²) < 4.78 is 0. The first-order valence-corrected chi connectivity index (χ1v) is 2.90. The smallest absolute Gasteiger partial charge is 0.149 e. The second-order valence-corrected chi connectivity index (χ2v) is 1.73. The van der Waals surface area contributed by atoms with Gasteiger partial charge in [0.2, 0.25) is 0 Å². The van der Waals surface area contributed by atoms with Crippen molar-refractivity contribution in [3.63, 3.8) is 0 Å². The van der Waals surface area contributed by atoms with Gasteiger partial charge in [0.15, 0.2) is 0 Å². The molecule has 0 amide bonds. The van der Waals surface area contributed by atoms with E-state index in [-0.39, 0.29) is 5.39 Å². The fourth-order valence-electron chi connectivity index (χ4n) is 0.589. The fraction of sp³-hybridized carbons (Fsp3) is 0. The van der Waals surface area contributed by atoms with Gasteiger partial charge in [0.25, 0.3) is 0 Å². The van der Waals surface area contributed by atoms with E-state index in [9.17, 15) is 5.21 Å². The van der Waals surface area contributed by atoms with E-state index >= 15 is 0 Å². The van der Waals surface area contributed by atoms with Gasteiger partial charge in [-0.3, -0.25) is 0 Å². The molecule has 1 aromatic carbocycles. The third-order valence-electron chi connectivity index (χ3n) is 1.01. The maximum atomic E-state index is 10.3. The van der Waals surface area contributed by atoms with Crippen molar-refractivity contribution in [1.82, 2.24) is 5.39 Å². The van der Waals surface area contributed by atoms with Gasteiger partial charge in [0.1, 0.15) is 5.75 Å². The molecule has 0 spiro atoms. The van der Waals surface area contributed by atoms with Crippen molar-refractivity contribution in [2.75, 3.05) is 0 Å². The van der Waals surface area contributed by atoms with Crippen molar-refractivity contribution in [2.24, 2.45) is 5.90 Å². The highest BCUT2D eigenvalue weighted by molar-refractivity contribution is 5.20. The molecule has 0 unspecified atom stereocenters. The molecule has 0 bridgehead atoms. The average molecular weight is 155 g/mol. The number of para-hydroxylation sites is 1. The molecular weight excluding hydrogens is 148 g/mol. The summed E-state index contributed by atoms with van der Waals surface area (Å²) >= 11 is 0. The van der Waals surface area contributed by atoms with Crippen LogP contribution in [0.1, 0.15) is 0 Å². The lowest BCUT2D eigenvalue weighted by Crippen LogP contribution is -2.24. The Balaban J connectivity index is 2.51. The van der Waals surface area contributed by atoms with Gasteiger partial charge >= 0.3 is 0 Å². The zero-order valence-corrected chi connectivity index (χ0v) is 5.64. The van der Waals surface area contributed by atoms with Gasteiger partial charge in [0.05, 0.1) is 0 Å². The summed E-state index contributed by atoms with van der Waals surface area (Å²) in [5.41, 5.74) is 0. The standard InChI is InChI=1S/C6H7N2O3/c7-11-8(9)10-6-4-2-1-3-5-6/h1-5H,7H2/q-1. The number of rotatable bonds is 3. The van der Waals surface area contributed by atoms with E-state index < -0.39 is 0 Å². The average Bonchev–Trinajstić information content (AvgIpc) is 2.06. The lowest BCUT2D eigenvalue weighted by Gasteiger charge is -2.21. The van der Waals surface area contributed by atoms with E-state index in [1.54, 1.807) is 30.3 Å². The van der Waals surface area contributed by atoms with Gasteiger partial charge in [-0.15, -0.1) is 0 Å². The topological polar surface area (TPSA) is 70.8 Å². The molecule has 11 heavy (non-hydrogen) atoms. The zero-order valence-electron chi connectivity index (χ0n) is 5.64. The molecule has 1 aromatic rings. The van der Waals surface area contributed by atoms with Gasteiger partial charge in [-0.2, -0.15) is 10.8 Å². The summed E-state index contributed by atoms with van der Waals surface area (Å²) in [6, 6.07) is 8.44. The summed E-state index contributed by atoms with van der Waals surface area (Å²) in [5.74, 6) is 4.88. The van der Waals surface area contributed by atoms with Gasteiger partial charge in [-0.25, -0.2) is 0 Å². The third kappa shape index (κ3) is 2.52. The van der Waals surface area contributed by atoms with Crippen LogP contribution in [0.5, 0.6) is 5.75 Å². The lowest BCUT2D eigenvalue weighted by molar-refractivity contribution is -0.286. The number of benzene rings is 1. The van der Waals surface area contributed by atoms with Crippen molar-refractivity contribution in [1.29, 1.82) is 0 Å². The van der Waals surface area contributed by atoms with Gasteiger partial charge in [0, 0.05) is 0 Å². The lowest BCUT2D eigenvalue weighted by atomic mass is 10.3. The molecule has 2 N–H and O–H groups in total. The number of hydrogen-bond acceptors (Lipinski definition) is 5. The summed E-state index contributed by atoms with van der Waals surface area (Å²) in [5, 5.41) is 10.1. The highest BCUT2D eigenvalue weighted by Crippen LogP contribution is 2.08. The van der Waals surface area contributed by atoms with Gasteiger partial charge < -0.3 is 10.0 Å². The second-order valence-electron chi connectivity index (χ2n) is 1.73. The molecule has 0 saturated carbocycles. The first-order chi connectivity index (χ1) is 5.33. The largest absolute Gasteiger partial charge is 0.726 e. The minimum Gasteiger partial charge on any atom is -0.726 e. The van der Waals surface area contributed by atoms with E-state index in [4.69, 9.17) is 0 Å². The maximum absolute atomic E-state index is 10.3. The molecule has 0 aliphatic carbocycles. The van der Waals surface area contributed by atoms with Crippen molar-refractivity contribution < 1.29 is 9.78 Å². The highest BCUT2D eigenvalue weighted by Gasteiger charge is 1.91. The van der Waals surface area contributed by atoms with Gasteiger partial charge in [-0.1, -0.05) is 23.6 Å². The maximum Gasteiger partial charge on any atom is 0.149 e. The number of hydrogen-bond donors (Lipinski definition) is 1. The predicted octanol–water partition coefficient (Wildman–Crippen LogP) is 0.586. The summed E-state index contributed by atoms with van der Waals surface area (Å²) in [4.78, 5) is 8.20. The minimum absolute atomic E-state index is 0.185. The van der Waals surface area contributed by atoms with Crippen LogP contribution in [0.2, 0.25) is 0 Å². The Bertz CT molecular complexity index is 204. The van der Waals surface area contributed by atoms with E-state index in [0.717, 1.165) is 0 Å². The predicted molar refractivity (Wildman–Crippen MR) is 37.5 cm³/mol. The van der Waals surface area contributed by atoms with Gasteiger partial charge in [-0.05, 0) is 12.1 Å². The van der Waals surface area contributed by atoms with E-state index in [1.807, 2.05) is 0 Å². The van der Waals surface area contributed by atoms with Crippen LogP contribution in [0.4, 0.5) is 0 Å². The van der Waals surface area contributed by atoms with Crippen LogP contribution in [-0.2, 0) is 4.94 Å². The van der Waals surface area contributed by atoms with Crippen LogP contribution in [0, 0.1) is 5.21 Å². The van der Waals surface area contributed by atoms with E-state index in [2.05, 4.69) is 15.7 Å². The molecule has 1 rings (SSSR count). The molecular formula is C6H7N2O3-. The van der Waals surface area contributed by atoms with Crippen LogP contribution in [0.15, 0.2) is 30.3 Å². The van der Waals surface area contributed by atoms with Crippen molar-refractivity contribution in [2.45, 2.75) is 0 Å². The molecule has 0 atom stereocenters. The molecule has 0 aliphatic heterocycles. The van der Waals surface area contributed by atoms with E-state index in [0.29, 0.717) is 5.75 Å².